The molecule has 0 fully saturated rings. The summed E-state index contributed by atoms with van der Waals surface area (Å²) in [5.41, 5.74) is 1.64. The highest BCUT2D eigenvalue weighted by atomic mass is 35.5. The molecule has 0 bridgehead atoms. The van der Waals surface area contributed by atoms with Crippen LogP contribution in [0, 0.1) is 0 Å². The Kier molecular flexibility index (Phi) is 9.04. The molecule has 0 spiro atoms. The molecule has 10 heteroatoms. The number of nitrogens with one attached hydrogen (secondary N) is 1. The van der Waals surface area contributed by atoms with Crippen molar-refractivity contribution >= 4 is 50.6 Å². The molecule has 0 heterocycles. The highest BCUT2D eigenvalue weighted by Crippen LogP contribution is 2.38. The van der Waals surface area contributed by atoms with E-state index in [2.05, 4.69) is 4.72 Å². The van der Waals surface area contributed by atoms with Gasteiger partial charge in [0.25, 0.3) is 0 Å². The molecule has 0 unspecified atom stereocenters. The number of rotatable bonds is 11. The minimum atomic E-state index is -3.42. The Morgan fingerprint density at radius 2 is 1.66 bits per heavy atom. The molecule has 2 aromatic carbocycles. The van der Waals surface area contributed by atoms with Crippen molar-refractivity contribution < 1.29 is 22.7 Å². The summed E-state index contributed by atoms with van der Waals surface area (Å²) in [6, 6.07) is 10.5. The number of Topliss-reactive ketones (excluding diaryl/α,β-unsaturated/α-hetero) is 1. The zero-order valence-corrected chi connectivity index (χ0v) is 18.7. The molecule has 0 aliphatic carbocycles. The van der Waals surface area contributed by atoms with E-state index in [1.807, 2.05) is 0 Å². The minimum Gasteiger partial charge on any atom is -0.490 e. The summed E-state index contributed by atoms with van der Waals surface area (Å²) in [6.45, 7) is -0.131. The van der Waals surface area contributed by atoms with Gasteiger partial charge in [0.2, 0.25) is 10.0 Å². The topological polar surface area (TPSA) is 81.7 Å². The van der Waals surface area contributed by atoms with E-state index in [0.29, 0.717) is 40.5 Å². The standard InChI is InChI=1S/C19H20Cl3NO5S/c1-29(25,26)23-11-15(24)12-28-16-5-3-13(4-6-16)14-9-17(21)19(18(22)10-14)27-8-2-7-20/h3-6,9-10,23H,2,7-8,11-12H2,1H3. The van der Waals surface area contributed by atoms with E-state index in [4.69, 9.17) is 44.3 Å². The van der Waals surface area contributed by atoms with Gasteiger partial charge in [0.1, 0.15) is 12.4 Å². The van der Waals surface area contributed by atoms with E-state index in [1.54, 1.807) is 36.4 Å². The lowest BCUT2D eigenvalue weighted by Crippen LogP contribution is -2.31. The quantitative estimate of drug-likeness (QED) is 0.386. The third-order valence-corrected chi connectivity index (χ3v) is 5.14. The predicted octanol–water partition coefficient (Wildman–Crippen LogP) is 4.17. The van der Waals surface area contributed by atoms with Crippen LogP contribution in [0.25, 0.3) is 11.1 Å². The van der Waals surface area contributed by atoms with Crippen LogP contribution in [0.15, 0.2) is 36.4 Å². The molecule has 2 aromatic rings. The Morgan fingerprint density at radius 3 is 2.21 bits per heavy atom. The third kappa shape index (κ3) is 8.03. The van der Waals surface area contributed by atoms with E-state index in [-0.39, 0.29) is 18.9 Å². The Bertz CT molecular complexity index is 926. The summed E-state index contributed by atoms with van der Waals surface area (Å²) in [6.07, 6.45) is 1.67. The molecule has 2 rings (SSSR count). The summed E-state index contributed by atoms with van der Waals surface area (Å²) in [5.74, 6) is 0.993. The monoisotopic (exact) mass is 479 g/mol. The molecule has 0 aliphatic rings. The molecule has 0 atom stereocenters. The van der Waals surface area contributed by atoms with Gasteiger partial charge in [0, 0.05) is 5.88 Å². The van der Waals surface area contributed by atoms with Crippen molar-refractivity contribution in [3.63, 3.8) is 0 Å². The van der Waals surface area contributed by atoms with Gasteiger partial charge in [-0.25, -0.2) is 13.1 Å². The number of benzene rings is 2. The SMILES string of the molecule is CS(=O)(=O)NCC(=O)COc1ccc(-c2cc(Cl)c(OCCCCl)c(Cl)c2)cc1. The fourth-order valence-electron chi connectivity index (χ4n) is 2.26. The van der Waals surface area contributed by atoms with Crippen LogP contribution >= 0.6 is 34.8 Å². The van der Waals surface area contributed by atoms with Gasteiger partial charge >= 0.3 is 0 Å². The highest BCUT2D eigenvalue weighted by Gasteiger charge is 2.12. The van der Waals surface area contributed by atoms with Gasteiger partial charge in [-0.15, -0.1) is 11.6 Å². The molecule has 0 amide bonds. The van der Waals surface area contributed by atoms with E-state index in [9.17, 15) is 13.2 Å². The average Bonchev–Trinajstić information content (AvgIpc) is 2.66. The van der Waals surface area contributed by atoms with Gasteiger partial charge in [0.05, 0.1) is 29.5 Å². The molecule has 0 aliphatic heterocycles. The zero-order valence-electron chi connectivity index (χ0n) is 15.6. The Hall–Kier alpha value is -1.51. The summed E-state index contributed by atoms with van der Waals surface area (Å²) in [4.78, 5) is 11.7. The van der Waals surface area contributed by atoms with Crippen LogP contribution in [0.4, 0.5) is 0 Å². The molecule has 1 N–H and O–H groups in total. The van der Waals surface area contributed by atoms with Crippen molar-refractivity contribution in [2.75, 3.05) is 31.9 Å². The number of carbonyl (C=O) groups is 1. The number of ketones is 1. The van der Waals surface area contributed by atoms with Crippen LogP contribution in [0.3, 0.4) is 0 Å². The summed E-state index contributed by atoms with van der Waals surface area (Å²) in [5, 5.41) is 0.790. The molecule has 29 heavy (non-hydrogen) atoms. The Labute approximate surface area is 185 Å². The van der Waals surface area contributed by atoms with Crippen molar-refractivity contribution in [1.29, 1.82) is 0 Å². The van der Waals surface area contributed by atoms with E-state index < -0.39 is 10.0 Å². The van der Waals surface area contributed by atoms with Gasteiger partial charge in [-0.3, -0.25) is 4.79 Å². The maximum atomic E-state index is 11.7. The lowest BCUT2D eigenvalue weighted by molar-refractivity contribution is -0.119. The van der Waals surface area contributed by atoms with Crippen molar-refractivity contribution in [2.24, 2.45) is 0 Å². The largest absolute Gasteiger partial charge is 0.490 e. The number of halogens is 3. The first-order valence-electron chi connectivity index (χ1n) is 8.57. The maximum absolute atomic E-state index is 11.7. The van der Waals surface area contributed by atoms with Gasteiger partial charge in [0.15, 0.2) is 11.5 Å². The Morgan fingerprint density at radius 1 is 1.03 bits per heavy atom. The number of carbonyl (C=O) groups excluding carboxylic acids is 1. The minimum absolute atomic E-state index is 0.242. The molecule has 0 radical (unpaired) electrons. The fourth-order valence-corrected chi connectivity index (χ4v) is 3.39. The van der Waals surface area contributed by atoms with Gasteiger partial charge in [-0.2, -0.15) is 0 Å². The van der Waals surface area contributed by atoms with Crippen LogP contribution < -0.4 is 14.2 Å². The summed E-state index contributed by atoms with van der Waals surface area (Å²) < 4.78 is 35.0. The van der Waals surface area contributed by atoms with Crippen LogP contribution in [0.1, 0.15) is 6.42 Å². The molecule has 158 valence electrons. The van der Waals surface area contributed by atoms with Crippen LogP contribution in [0.2, 0.25) is 10.0 Å². The van der Waals surface area contributed by atoms with Crippen molar-refractivity contribution in [1.82, 2.24) is 4.72 Å². The van der Waals surface area contributed by atoms with E-state index >= 15 is 0 Å². The third-order valence-electron chi connectivity index (χ3n) is 3.64. The molecular weight excluding hydrogens is 461 g/mol. The highest BCUT2D eigenvalue weighted by molar-refractivity contribution is 7.88. The lowest BCUT2D eigenvalue weighted by Gasteiger charge is -2.12. The van der Waals surface area contributed by atoms with Crippen molar-refractivity contribution in [3.8, 4) is 22.6 Å². The van der Waals surface area contributed by atoms with Crippen LogP contribution in [0.5, 0.6) is 11.5 Å². The normalized spacial score (nSPS) is 11.3. The van der Waals surface area contributed by atoms with Gasteiger partial charge in [-0.05, 0) is 41.8 Å². The van der Waals surface area contributed by atoms with Crippen LogP contribution in [-0.2, 0) is 14.8 Å². The Balaban J connectivity index is 2.00. The second kappa shape index (κ2) is 11.0. The number of hydrogen-bond donors (Lipinski definition) is 1. The molecule has 0 aromatic heterocycles. The van der Waals surface area contributed by atoms with Gasteiger partial charge < -0.3 is 9.47 Å². The molecular formula is C19H20Cl3NO5S. The van der Waals surface area contributed by atoms with Crippen LogP contribution in [-0.4, -0.2) is 46.1 Å². The lowest BCUT2D eigenvalue weighted by atomic mass is 10.1. The number of sulfonamides is 1. The zero-order chi connectivity index (χ0) is 21.4. The first-order valence-corrected chi connectivity index (χ1v) is 11.7. The van der Waals surface area contributed by atoms with E-state index in [0.717, 1.165) is 17.4 Å². The number of alkyl halides is 1. The molecule has 6 nitrogen and oxygen atoms in total. The first kappa shape index (κ1) is 23.8. The summed E-state index contributed by atoms with van der Waals surface area (Å²) >= 11 is 18.2. The molecule has 0 saturated heterocycles. The second-order valence-electron chi connectivity index (χ2n) is 6.11. The first-order chi connectivity index (χ1) is 13.7. The average molecular weight is 481 g/mol. The second-order valence-corrected chi connectivity index (χ2v) is 9.13. The van der Waals surface area contributed by atoms with Crippen molar-refractivity contribution in [2.45, 2.75) is 6.42 Å². The fraction of sp³-hybridized carbons (Fsp3) is 0.316. The predicted molar refractivity (Wildman–Crippen MR) is 116 cm³/mol. The van der Waals surface area contributed by atoms with E-state index in [1.165, 1.54) is 0 Å². The number of ether oxygens (including phenoxy) is 2. The maximum Gasteiger partial charge on any atom is 0.209 e. The van der Waals surface area contributed by atoms with Gasteiger partial charge in [-0.1, -0.05) is 35.3 Å². The number of hydrogen-bond acceptors (Lipinski definition) is 5. The summed E-state index contributed by atoms with van der Waals surface area (Å²) in [7, 11) is -3.42. The smallest absolute Gasteiger partial charge is 0.209 e. The van der Waals surface area contributed by atoms with Crippen molar-refractivity contribution in [3.05, 3.63) is 46.4 Å². The molecule has 0 saturated carbocycles.